The van der Waals surface area contributed by atoms with E-state index in [1.54, 1.807) is 24.3 Å². The van der Waals surface area contributed by atoms with Gasteiger partial charge in [0.05, 0.1) is 6.10 Å². The van der Waals surface area contributed by atoms with Gasteiger partial charge in [0, 0.05) is 0 Å². The van der Waals surface area contributed by atoms with E-state index in [1.165, 1.54) is 5.94 Å². The zero-order valence-corrected chi connectivity index (χ0v) is 10.2. The van der Waals surface area contributed by atoms with Crippen LogP contribution in [0.1, 0.15) is 13.8 Å². The van der Waals surface area contributed by atoms with Crippen LogP contribution in [0.2, 0.25) is 0 Å². The molecular weight excluding hydrogens is 244 g/mol. The molecule has 0 bridgehead atoms. The summed E-state index contributed by atoms with van der Waals surface area (Å²) in [6.45, 7) is 3.81. The molecule has 0 saturated carbocycles. The highest BCUT2D eigenvalue weighted by Crippen LogP contribution is 2.19. The Morgan fingerprint density at radius 1 is 1.24 bits per heavy atom. The molecular formula is C12H11ClO4. The number of ether oxygens (including phenoxy) is 2. The number of rotatable bonds is 4. The molecule has 0 saturated heterocycles. The molecule has 1 aromatic rings. The van der Waals surface area contributed by atoms with Gasteiger partial charge in [0.25, 0.3) is 0 Å². The largest absolute Gasteiger partial charge is 0.491 e. The van der Waals surface area contributed by atoms with Crippen molar-refractivity contribution in [1.29, 1.82) is 0 Å². The van der Waals surface area contributed by atoms with Crippen LogP contribution in [0.25, 0.3) is 0 Å². The topological polar surface area (TPSA) is 52.6 Å². The smallest absolute Gasteiger partial charge is 0.366 e. The molecule has 0 amide bonds. The van der Waals surface area contributed by atoms with Crippen LogP contribution in [0.15, 0.2) is 29.3 Å². The molecule has 5 heteroatoms. The molecule has 0 spiro atoms. The first-order chi connectivity index (χ1) is 8.02. The number of halogens is 1. The Morgan fingerprint density at radius 2 is 1.76 bits per heavy atom. The maximum atomic E-state index is 11.1. The third-order valence-corrected chi connectivity index (χ3v) is 1.91. The molecule has 0 heterocycles. The van der Waals surface area contributed by atoms with Gasteiger partial charge in [-0.1, -0.05) is 11.6 Å². The van der Waals surface area contributed by atoms with Crippen molar-refractivity contribution in [3.05, 3.63) is 29.3 Å². The highest BCUT2D eigenvalue weighted by molar-refractivity contribution is 6.45. The van der Waals surface area contributed by atoms with Gasteiger partial charge in [-0.25, -0.2) is 9.59 Å². The van der Waals surface area contributed by atoms with E-state index in [9.17, 15) is 9.59 Å². The molecule has 0 aliphatic heterocycles. The lowest BCUT2D eigenvalue weighted by atomic mass is 10.3. The number of carbonyl (C=O) groups excluding carboxylic acids is 2. The van der Waals surface area contributed by atoms with Crippen molar-refractivity contribution >= 4 is 23.5 Å². The molecule has 1 aromatic carbocycles. The van der Waals surface area contributed by atoms with Crippen LogP contribution in [0.5, 0.6) is 11.5 Å². The third kappa shape index (κ3) is 4.31. The summed E-state index contributed by atoms with van der Waals surface area (Å²) in [5.74, 6) is 1.27. The summed E-state index contributed by atoms with van der Waals surface area (Å²) in [6, 6.07) is 6.40. The van der Waals surface area contributed by atoms with Crippen molar-refractivity contribution in [1.82, 2.24) is 0 Å². The van der Waals surface area contributed by atoms with Gasteiger partial charge in [0.2, 0.25) is 5.03 Å². The fraction of sp³-hybridized carbons (Fsp3) is 0.250. The number of carbonyl (C=O) groups is 1. The molecule has 0 aliphatic carbocycles. The standard InChI is InChI=1S/C12H11ClO4/c1-8(2)16-9-3-5-10(6-4-9)17-12(15)11(13)7-14/h3-6,8H,1-2H3. The van der Waals surface area contributed by atoms with E-state index in [0.717, 1.165) is 0 Å². The number of benzene rings is 1. The van der Waals surface area contributed by atoms with E-state index in [2.05, 4.69) is 0 Å². The van der Waals surface area contributed by atoms with Gasteiger partial charge in [-0.15, -0.1) is 0 Å². The number of esters is 1. The second kappa shape index (κ2) is 6.09. The molecule has 17 heavy (non-hydrogen) atoms. The first kappa shape index (κ1) is 13.3. The van der Waals surface area contributed by atoms with Gasteiger partial charge in [-0.05, 0) is 38.1 Å². The van der Waals surface area contributed by atoms with Crippen LogP contribution in [0, 0.1) is 0 Å². The monoisotopic (exact) mass is 254 g/mol. The van der Waals surface area contributed by atoms with E-state index >= 15 is 0 Å². The van der Waals surface area contributed by atoms with E-state index < -0.39 is 11.0 Å². The molecule has 0 aromatic heterocycles. The molecule has 0 N–H and O–H groups in total. The molecule has 0 aliphatic rings. The van der Waals surface area contributed by atoms with Crippen LogP contribution >= 0.6 is 11.6 Å². The SMILES string of the molecule is CC(C)Oc1ccc(OC(=O)C(Cl)=C=O)cc1. The molecule has 90 valence electrons. The Balaban J connectivity index is 2.69. The highest BCUT2D eigenvalue weighted by Gasteiger charge is 2.10. The lowest BCUT2D eigenvalue weighted by molar-refractivity contribution is -0.129. The van der Waals surface area contributed by atoms with Gasteiger partial charge >= 0.3 is 5.97 Å². The normalized spacial score (nSPS) is 9.65. The second-order valence-electron chi connectivity index (χ2n) is 3.44. The van der Waals surface area contributed by atoms with Gasteiger partial charge < -0.3 is 9.47 Å². The molecule has 0 fully saturated rings. The van der Waals surface area contributed by atoms with Crippen LogP contribution in [0.3, 0.4) is 0 Å². The van der Waals surface area contributed by atoms with Crippen molar-refractivity contribution in [2.24, 2.45) is 0 Å². The zero-order valence-electron chi connectivity index (χ0n) is 9.40. The van der Waals surface area contributed by atoms with Crippen LogP contribution in [-0.4, -0.2) is 18.0 Å². The molecule has 1 rings (SSSR count). The van der Waals surface area contributed by atoms with Crippen molar-refractivity contribution < 1.29 is 19.1 Å². The van der Waals surface area contributed by atoms with Gasteiger partial charge in [0.1, 0.15) is 11.5 Å². The van der Waals surface area contributed by atoms with Crippen molar-refractivity contribution in [3.63, 3.8) is 0 Å². The maximum Gasteiger partial charge on any atom is 0.366 e. The Labute approximate surface area is 104 Å². The third-order valence-electron chi connectivity index (χ3n) is 1.67. The van der Waals surface area contributed by atoms with Crippen molar-refractivity contribution in [2.45, 2.75) is 20.0 Å². The van der Waals surface area contributed by atoms with E-state index in [4.69, 9.17) is 21.1 Å². The fourth-order valence-electron chi connectivity index (χ4n) is 1.05. The quantitative estimate of drug-likeness (QED) is 0.358. The first-order valence-electron chi connectivity index (χ1n) is 4.92. The minimum atomic E-state index is -0.931. The lowest BCUT2D eigenvalue weighted by Gasteiger charge is -2.09. The summed E-state index contributed by atoms with van der Waals surface area (Å²) >= 11 is 5.26. The summed E-state index contributed by atoms with van der Waals surface area (Å²) in [5.41, 5.74) is 0. The Morgan fingerprint density at radius 3 is 2.24 bits per heavy atom. The summed E-state index contributed by atoms with van der Waals surface area (Å²) in [7, 11) is 0. The van der Waals surface area contributed by atoms with Gasteiger partial charge in [0.15, 0.2) is 5.94 Å². The summed E-state index contributed by atoms with van der Waals surface area (Å²) in [6.07, 6.45) is 0.0656. The average Bonchev–Trinajstić information content (AvgIpc) is 2.30. The predicted octanol–water partition coefficient (Wildman–Crippen LogP) is 2.33. The molecule has 0 atom stereocenters. The molecule has 0 radical (unpaired) electrons. The van der Waals surface area contributed by atoms with Crippen LogP contribution in [0.4, 0.5) is 0 Å². The average molecular weight is 255 g/mol. The fourth-order valence-corrected chi connectivity index (χ4v) is 1.09. The predicted molar refractivity (Wildman–Crippen MR) is 62.9 cm³/mol. The van der Waals surface area contributed by atoms with E-state index in [1.807, 2.05) is 13.8 Å². The van der Waals surface area contributed by atoms with Gasteiger partial charge in [-0.3, -0.25) is 0 Å². The summed E-state index contributed by atoms with van der Waals surface area (Å²) < 4.78 is 10.2. The number of hydrogen-bond donors (Lipinski definition) is 0. The second-order valence-corrected chi connectivity index (χ2v) is 3.82. The Kier molecular flexibility index (Phi) is 4.76. The Hall–Kier alpha value is -1.77. The van der Waals surface area contributed by atoms with Crippen molar-refractivity contribution in [3.8, 4) is 11.5 Å². The molecule has 4 nitrogen and oxygen atoms in total. The Bertz CT molecular complexity index is 444. The van der Waals surface area contributed by atoms with Crippen LogP contribution in [-0.2, 0) is 9.59 Å². The number of hydrogen-bond acceptors (Lipinski definition) is 4. The van der Waals surface area contributed by atoms with Crippen molar-refractivity contribution in [2.75, 3.05) is 0 Å². The van der Waals surface area contributed by atoms with E-state index in [-0.39, 0.29) is 11.9 Å². The first-order valence-corrected chi connectivity index (χ1v) is 5.30. The lowest BCUT2D eigenvalue weighted by Crippen LogP contribution is -2.08. The van der Waals surface area contributed by atoms with Gasteiger partial charge in [-0.2, -0.15) is 0 Å². The van der Waals surface area contributed by atoms with Crippen LogP contribution < -0.4 is 9.47 Å². The van der Waals surface area contributed by atoms with E-state index in [0.29, 0.717) is 5.75 Å². The minimum Gasteiger partial charge on any atom is -0.491 e. The summed E-state index contributed by atoms with van der Waals surface area (Å²) in [4.78, 5) is 21.2. The molecule has 0 unspecified atom stereocenters. The minimum absolute atomic E-state index is 0.0656. The zero-order chi connectivity index (χ0) is 12.8. The maximum absolute atomic E-state index is 11.1. The summed E-state index contributed by atoms with van der Waals surface area (Å²) in [5, 5.41) is -0.618. The highest BCUT2D eigenvalue weighted by atomic mass is 35.5.